The molecule has 0 aromatic carbocycles. The normalized spacial score (nSPS) is 11.6. The van der Waals surface area contributed by atoms with Gasteiger partial charge in [0.15, 0.2) is 12.4 Å². The summed E-state index contributed by atoms with van der Waals surface area (Å²) in [7, 11) is 0. The first kappa shape index (κ1) is 13.3. The summed E-state index contributed by atoms with van der Waals surface area (Å²) in [5, 5.41) is 11.2. The van der Waals surface area contributed by atoms with Crippen LogP contribution in [0.1, 0.15) is 39.4 Å². The molecule has 0 spiro atoms. The Morgan fingerprint density at radius 1 is 1.47 bits per heavy atom. The Labute approximate surface area is 101 Å². The highest BCUT2D eigenvalue weighted by Gasteiger charge is 2.10. The van der Waals surface area contributed by atoms with E-state index in [1.165, 1.54) is 0 Å². The van der Waals surface area contributed by atoms with Crippen LogP contribution in [-0.2, 0) is 22.7 Å². The Morgan fingerprint density at radius 3 is 2.88 bits per heavy atom. The van der Waals surface area contributed by atoms with E-state index in [0.29, 0.717) is 11.4 Å². The molecule has 0 N–H and O–H groups in total. The van der Waals surface area contributed by atoms with Gasteiger partial charge < -0.3 is 4.74 Å². The maximum atomic E-state index is 11.5. The summed E-state index contributed by atoms with van der Waals surface area (Å²) >= 11 is 0. The molecular weight excluding hydrogens is 220 g/mol. The van der Waals surface area contributed by atoms with Gasteiger partial charge in [0, 0.05) is 12.1 Å². The van der Waals surface area contributed by atoms with E-state index in [1.54, 1.807) is 11.6 Å². The molecule has 0 bridgehead atoms. The number of hydrogen-bond acceptors (Lipinski definition) is 5. The molecule has 1 heterocycles. The number of aromatic nitrogens is 4. The van der Waals surface area contributed by atoms with Crippen LogP contribution in [-0.4, -0.2) is 26.2 Å². The third-order valence-electron chi connectivity index (χ3n) is 2.21. The first-order chi connectivity index (χ1) is 8.19. The molecule has 6 nitrogen and oxygen atoms in total. The number of hydrogen-bond donors (Lipinski definition) is 0. The first-order valence-corrected chi connectivity index (χ1v) is 5.78. The zero-order chi connectivity index (χ0) is 12.7. The number of carbonyl (C=O) groups is 1. The average Bonchev–Trinajstić information content (AvgIpc) is 2.74. The molecule has 6 heteroatoms. The zero-order valence-electron chi connectivity index (χ0n) is 10.5. The second-order valence-corrected chi connectivity index (χ2v) is 3.69. The van der Waals surface area contributed by atoms with Gasteiger partial charge >= 0.3 is 5.97 Å². The van der Waals surface area contributed by atoms with Crippen molar-refractivity contribution in [2.45, 2.75) is 46.8 Å². The standard InChI is InChI=1S/C11H18N4O2/c1-4-6-9(3)11(16)17-8-10-12-13-14-15(10)7-5-2/h6H,4-5,7-8H2,1-3H3/b9-6+. The number of aryl methyl sites for hydroxylation is 1. The lowest BCUT2D eigenvalue weighted by Crippen LogP contribution is -2.11. The van der Waals surface area contributed by atoms with Crippen molar-refractivity contribution in [3.63, 3.8) is 0 Å². The Kier molecular flexibility index (Phi) is 5.32. The lowest BCUT2D eigenvalue weighted by atomic mass is 10.2. The van der Waals surface area contributed by atoms with Crippen molar-refractivity contribution in [2.75, 3.05) is 0 Å². The van der Waals surface area contributed by atoms with Crippen LogP contribution in [0, 0.1) is 0 Å². The summed E-state index contributed by atoms with van der Waals surface area (Å²) in [5.41, 5.74) is 0.613. The van der Waals surface area contributed by atoms with Gasteiger partial charge in [-0.05, 0) is 30.2 Å². The van der Waals surface area contributed by atoms with E-state index in [2.05, 4.69) is 15.5 Å². The molecular formula is C11H18N4O2. The van der Waals surface area contributed by atoms with Crippen LogP contribution in [0.5, 0.6) is 0 Å². The monoisotopic (exact) mass is 238 g/mol. The lowest BCUT2D eigenvalue weighted by Gasteiger charge is -2.05. The van der Waals surface area contributed by atoms with Crippen LogP contribution >= 0.6 is 0 Å². The quantitative estimate of drug-likeness (QED) is 0.554. The van der Waals surface area contributed by atoms with Crippen LogP contribution in [0.4, 0.5) is 0 Å². The second-order valence-electron chi connectivity index (χ2n) is 3.69. The highest BCUT2D eigenvalue weighted by atomic mass is 16.5. The molecule has 1 rings (SSSR count). The molecule has 0 aliphatic carbocycles. The van der Waals surface area contributed by atoms with Gasteiger partial charge in [-0.1, -0.05) is 19.9 Å². The predicted octanol–water partition coefficient (Wildman–Crippen LogP) is 1.48. The number of carbonyl (C=O) groups excluding carboxylic acids is 1. The Morgan fingerprint density at radius 2 is 2.24 bits per heavy atom. The maximum absolute atomic E-state index is 11.5. The van der Waals surface area contributed by atoms with E-state index in [9.17, 15) is 4.79 Å². The topological polar surface area (TPSA) is 69.9 Å². The van der Waals surface area contributed by atoms with Gasteiger partial charge in [-0.25, -0.2) is 9.48 Å². The van der Waals surface area contributed by atoms with Crippen molar-refractivity contribution in [3.8, 4) is 0 Å². The Hall–Kier alpha value is -1.72. The number of allylic oxidation sites excluding steroid dienone is 1. The Balaban J connectivity index is 2.52. The average molecular weight is 238 g/mol. The van der Waals surface area contributed by atoms with Crippen molar-refractivity contribution in [2.24, 2.45) is 0 Å². The van der Waals surface area contributed by atoms with E-state index < -0.39 is 0 Å². The number of esters is 1. The van der Waals surface area contributed by atoms with Crippen molar-refractivity contribution in [1.82, 2.24) is 20.2 Å². The summed E-state index contributed by atoms with van der Waals surface area (Å²) in [6.07, 6.45) is 3.58. The molecule has 94 valence electrons. The number of rotatable bonds is 6. The first-order valence-electron chi connectivity index (χ1n) is 5.78. The number of tetrazole rings is 1. The molecule has 0 radical (unpaired) electrons. The number of ether oxygens (including phenoxy) is 1. The molecule has 0 unspecified atom stereocenters. The van der Waals surface area contributed by atoms with Crippen LogP contribution in [0.3, 0.4) is 0 Å². The van der Waals surface area contributed by atoms with Gasteiger partial charge in [-0.15, -0.1) is 5.10 Å². The van der Waals surface area contributed by atoms with Crippen LogP contribution < -0.4 is 0 Å². The summed E-state index contributed by atoms with van der Waals surface area (Å²) in [6.45, 7) is 6.58. The second kappa shape index (κ2) is 6.78. The van der Waals surface area contributed by atoms with Crippen LogP contribution in [0.2, 0.25) is 0 Å². The van der Waals surface area contributed by atoms with E-state index in [4.69, 9.17) is 4.74 Å². The lowest BCUT2D eigenvalue weighted by molar-refractivity contribution is -0.140. The van der Waals surface area contributed by atoms with Gasteiger partial charge in [-0.3, -0.25) is 0 Å². The van der Waals surface area contributed by atoms with Crippen molar-refractivity contribution in [3.05, 3.63) is 17.5 Å². The maximum Gasteiger partial charge on any atom is 0.333 e. The predicted molar refractivity (Wildman–Crippen MR) is 62.0 cm³/mol. The fraction of sp³-hybridized carbons (Fsp3) is 0.636. The van der Waals surface area contributed by atoms with Crippen molar-refractivity contribution in [1.29, 1.82) is 0 Å². The van der Waals surface area contributed by atoms with Gasteiger partial charge in [-0.2, -0.15) is 0 Å². The molecule has 1 aromatic heterocycles. The molecule has 0 aliphatic heterocycles. The minimum Gasteiger partial charge on any atom is -0.454 e. The summed E-state index contributed by atoms with van der Waals surface area (Å²) < 4.78 is 6.76. The number of nitrogens with zero attached hydrogens (tertiary/aromatic N) is 4. The third kappa shape index (κ3) is 3.97. The van der Waals surface area contributed by atoms with Crippen molar-refractivity contribution >= 4 is 5.97 Å². The minimum absolute atomic E-state index is 0.112. The molecule has 0 fully saturated rings. The molecule has 0 atom stereocenters. The molecule has 17 heavy (non-hydrogen) atoms. The fourth-order valence-corrected chi connectivity index (χ4v) is 1.35. The van der Waals surface area contributed by atoms with Gasteiger partial charge in [0.25, 0.3) is 0 Å². The highest BCUT2D eigenvalue weighted by molar-refractivity contribution is 5.87. The molecule has 0 aliphatic rings. The van der Waals surface area contributed by atoms with Crippen LogP contribution in [0.15, 0.2) is 11.6 Å². The summed E-state index contributed by atoms with van der Waals surface area (Å²) in [4.78, 5) is 11.5. The van der Waals surface area contributed by atoms with E-state index in [0.717, 1.165) is 19.4 Å². The zero-order valence-corrected chi connectivity index (χ0v) is 10.5. The fourth-order valence-electron chi connectivity index (χ4n) is 1.35. The molecule has 0 saturated carbocycles. The Bertz CT molecular complexity index is 398. The largest absolute Gasteiger partial charge is 0.454 e. The highest BCUT2D eigenvalue weighted by Crippen LogP contribution is 2.02. The van der Waals surface area contributed by atoms with Crippen molar-refractivity contribution < 1.29 is 9.53 Å². The minimum atomic E-state index is -0.321. The van der Waals surface area contributed by atoms with Gasteiger partial charge in [0.05, 0.1) is 0 Å². The molecule has 0 saturated heterocycles. The van der Waals surface area contributed by atoms with E-state index in [1.807, 2.05) is 19.9 Å². The SMILES string of the molecule is CC/C=C(\C)C(=O)OCc1nnnn1CCC. The van der Waals surface area contributed by atoms with E-state index in [-0.39, 0.29) is 12.6 Å². The molecule has 1 aromatic rings. The third-order valence-corrected chi connectivity index (χ3v) is 2.21. The molecule has 0 amide bonds. The van der Waals surface area contributed by atoms with Gasteiger partial charge in [0.2, 0.25) is 0 Å². The summed E-state index contributed by atoms with van der Waals surface area (Å²) in [6, 6.07) is 0. The van der Waals surface area contributed by atoms with E-state index >= 15 is 0 Å². The van der Waals surface area contributed by atoms with Crippen LogP contribution in [0.25, 0.3) is 0 Å². The smallest absolute Gasteiger partial charge is 0.333 e. The van der Waals surface area contributed by atoms with Gasteiger partial charge in [0.1, 0.15) is 0 Å². The summed E-state index contributed by atoms with van der Waals surface area (Å²) in [5.74, 6) is 0.252.